The van der Waals surface area contributed by atoms with E-state index in [9.17, 15) is 4.39 Å². The number of nitrogens with two attached hydrogens (primary N) is 1. The van der Waals surface area contributed by atoms with Gasteiger partial charge in [-0.25, -0.2) is 14.4 Å². The maximum atomic E-state index is 13.7. The van der Waals surface area contributed by atoms with E-state index < -0.39 is 5.82 Å². The van der Waals surface area contributed by atoms with Crippen LogP contribution in [0.4, 0.5) is 10.2 Å². The topological polar surface area (TPSA) is 51.8 Å². The third-order valence-electron chi connectivity index (χ3n) is 1.83. The molecule has 0 unspecified atom stereocenters. The van der Waals surface area contributed by atoms with Gasteiger partial charge in [-0.3, -0.25) is 0 Å². The van der Waals surface area contributed by atoms with Gasteiger partial charge in [-0.15, -0.1) is 0 Å². The minimum atomic E-state index is -0.603. The smallest absolute Gasteiger partial charge is 0.225 e. The van der Waals surface area contributed by atoms with Gasteiger partial charge in [0.25, 0.3) is 0 Å². The minimum absolute atomic E-state index is 0.0452. The Labute approximate surface area is 103 Å². The van der Waals surface area contributed by atoms with Crippen LogP contribution in [0.1, 0.15) is 0 Å². The van der Waals surface area contributed by atoms with Crippen LogP contribution in [0.25, 0.3) is 10.9 Å². The molecular weight excluding hydrogens is 308 g/mol. The fourth-order valence-electron chi connectivity index (χ4n) is 1.17. The zero-order valence-corrected chi connectivity index (χ0v) is 10.2. The van der Waals surface area contributed by atoms with Crippen LogP contribution >= 0.6 is 39.1 Å². The molecule has 0 aliphatic heterocycles. The number of halogens is 4. The lowest BCUT2D eigenvalue weighted by Crippen LogP contribution is -1.97. The highest BCUT2D eigenvalue weighted by Crippen LogP contribution is 2.33. The summed E-state index contributed by atoms with van der Waals surface area (Å²) in [5.41, 5.74) is 5.61. The summed E-state index contributed by atoms with van der Waals surface area (Å²) in [6.07, 6.45) is 0. The molecule has 0 atom stereocenters. The van der Waals surface area contributed by atoms with Crippen molar-refractivity contribution in [2.45, 2.75) is 0 Å². The number of hydrogen-bond donors (Lipinski definition) is 1. The molecule has 0 amide bonds. The molecule has 0 saturated carbocycles. The molecule has 15 heavy (non-hydrogen) atoms. The van der Waals surface area contributed by atoms with E-state index in [4.69, 9.17) is 28.9 Å². The SMILES string of the molecule is Nc1nc(Cl)nc2c(F)c(Br)c(Cl)cc12. The van der Waals surface area contributed by atoms with Crippen molar-refractivity contribution in [1.29, 1.82) is 0 Å². The van der Waals surface area contributed by atoms with E-state index in [-0.39, 0.29) is 26.1 Å². The quantitative estimate of drug-likeness (QED) is 0.599. The van der Waals surface area contributed by atoms with Gasteiger partial charge in [-0.2, -0.15) is 0 Å². The molecule has 0 saturated heterocycles. The first-order chi connectivity index (χ1) is 7.00. The van der Waals surface area contributed by atoms with Crippen molar-refractivity contribution in [1.82, 2.24) is 9.97 Å². The second-order valence-electron chi connectivity index (χ2n) is 2.76. The number of fused-ring (bicyclic) bond motifs is 1. The van der Waals surface area contributed by atoms with Crippen LogP contribution in [0.2, 0.25) is 10.3 Å². The monoisotopic (exact) mass is 309 g/mol. The Morgan fingerprint density at radius 1 is 1.33 bits per heavy atom. The number of nitrogen functional groups attached to an aromatic ring is 1. The van der Waals surface area contributed by atoms with Crippen molar-refractivity contribution in [3.63, 3.8) is 0 Å². The molecule has 2 rings (SSSR count). The van der Waals surface area contributed by atoms with E-state index >= 15 is 0 Å². The second-order valence-corrected chi connectivity index (χ2v) is 4.30. The Morgan fingerprint density at radius 2 is 2.00 bits per heavy atom. The zero-order valence-electron chi connectivity index (χ0n) is 7.06. The van der Waals surface area contributed by atoms with Crippen molar-refractivity contribution in [3.8, 4) is 0 Å². The molecule has 0 spiro atoms. The van der Waals surface area contributed by atoms with Gasteiger partial charge in [0, 0.05) is 5.39 Å². The average molecular weight is 311 g/mol. The maximum absolute atomic E-state index is 13.7. The Hall–Kier alpha value is -0.650. The molecule has 0 radical (unpaired) electrons. The second kappa shape index (κ2) is 3.73. The largest absolute Gasteiger partial charge is 0.383 e. The summed E-state index contributed by atoms with van der Waals surface area (Å²) in [5.74, 6) is -0.508. The number of aromatic nitrogens is 2. The van der Waals surface area contributed by atoms with Crippen molar-refractivity contribution in [2.24, 2.45) is 0 Å². The van der Waals surface area contributed by atoms with E-state index in [2.05, 4.69) is 25.9 Å². The van der Waals surface area contributed by atoms with Gasteiger partial charge in [0.15, 0.2) is 5.82 Å². The fourth-order valence-corrected chi connectivity index (χ4v) is 1.84. The van der Waals surface area contributed by atoms with Crippen LogP contribution < -0.4 is 5.73 Å². The molecule has 2 aromatic rings. The van der Waals surface area contributed by atoms with Gasteiger partial charge in [-0.05, 0) is 33.6 Å². The summed E-state index contributed by atoms with van der Waals surface area (Å²) in [6.45, 7) is 0. The molecule has 2 N–H and O–H groups in total. The molecule has 0 aliphatic carbocycles. The van der Waals surface area contributed by atoms with Gasteiger partial charge in [0.2, 0.25) is 5.28 Å². The van der Waals surface area contributed by atoms with Crippen molar-refractivity contribution in [2.75, 3.05) is 5.73 Å². The summed E-state index contributed by atoms with van der Waals surface area (Å²) in [7, 11) is 0. The fraction of sp³-hybridized carbons (Fsp3) is 0. The predicted molar refractivity (Wildman–Crippen MR) is 61.6 cm³/mol. The lowest BCUT2D eigenvalue weighted by Gasteiger charge is -2.05. The normalized spacial score (nSPS) is 10.9. The first kappa shape index (κ1) is 10.9. The first-order valence-electron chi connectivity index (χ1n) is 3.77. The summed E-state index contributed by atoms with van der Waals surface area (Å²) in [6, 6.07) is 1.48. The Morgan fingerprint density at radius 3 is 2.67 bits per heavy atom. The van der Waals surface area contributed by atoms with Gasteiger partial charge in [0.05, 0.1) is 9.50 Å². The molecule has 0 bridgehead atoms. The summed E-state index contributed by atoms with van der Waals surface area (Å²) in [5, 5.41) is 0.441. The van der Waals surface area contributed by atoms with Crippen LogP contribution in [0, 0.1) is 5.82 Å². The number of benzene rings is 1. The number of rotatable bonds is 0. The molecule has 1 aromatic heterocycles. The highest BCUT2D eigenvalue weighted by Gasteiger charge is 2.14. The molecular formula is C8H3BrCl2FN3. The summed E-state index contributed by atoms with van der Waals surface area (Å²) in [4.78, 5) is 7.45. The molecule has 0 aliphatic rings. The molecule has 7 heteroatoms. The lowest BCUT2D eigenvalue weighted by molar-refractivity contribution is 0.630. The van der Waals surface area contributed by atoms with E-state index in [0.29, 0.717) is 5.39 Å². The van der Waals surface area contributed by atoms with Crippen LogP contribution in [0.3, 0.4) is 0 Å². The standard InChI is InChI=1S/C8H3BrCl2FN3/c9-4-3(10)1-2-6(5(4)12)14-8(11)15-7(2)13/h1H,(H2,13,14,15). The highest BCUT2D eigenvalue weighted by molar-refractivity contribution is 9.10. The zero-order chi connectivity index (χ0) is 11.2. The maximum Gasteiger partial charge on any atom is 0.225 e. The molecule has 0 fully saturated rings. The third kappa shape index (κ3) is 1.75. The van der Waals surface area contributed by atoms with Gasteiger partial charge < -0.3 is 5.73 Å². The van der Waals surface area contributed by atoms with Crippen LogP contribution in [0.5, 0.6) is 0 Å². The Kier molecular flexibility index (Phi) is 2.70. The molecule has 1 aromatic carbocycles. The van der Waals surface area contributed by atoms with Gasteiger partial charge in [-0.1, -0.05) is 11.6 Å². The summed E-state index contributed by atoms with van der Waals surface area (Å²) >= 11 is 14.3. The average Bonchev–Trinajstić information content (AvgIpc) is 2.17. The van der Waals surface area contributed by atoms with Crippen molar-refractivity contribution < 1.29 is 4.39 Å². The van der Waals surface area contributed by atoms with E-state index in [1.807, 2.05) is 0 Å². The highest BCUT2D eigenvalue weighted by atomic mass is 79.9. The van der Waals surface area contributed by atoms with Gasteiger partial charge in [0.1, 0.15) is 11.3 Å². The molecule has 78 valence electrons. The van der Waals surface area contributed by atoms with E-state index in [1.165, 1.54) is 6.07 Å². The van der Waals surface area contributed by atoms with E-state index in [1.54, 1.807) is 0 Å². The number of nitrogens with zero attached hydrogens (tertiary/aromatic N) is 2. The Bertz CT molecular complexity index is 561. The van der Waals surface area contributed by atoms with Crippen LogP contribution in [-0.2, 0) is 0 Å². The van der Waals surface area contributed by atoms with Crippen LogP contribution in [-0.4, -0.2) is 9.97 Å². The van der Waals surface area contributed by atoms with E-state index in [0.717, 1.165) is 0 Å². The Balaban J connectivity index is 2.98. The lowest BCUT2D eigenvalue weighted by atomic mass is 10.2. The molecule has 3 nitrogen and oxygen atoms in total. The molecule has 1 heterocycles. The number of anilines is 1. The van der Waals surface area contributed by atoms with Crippen molar-refractivity contribution >= 4 is 55.9 Å². The number of hydrogen-bond acceptors (Lipinski definition) is 3. The third-order valence-corrected chi connectivity index (χ3v) is 3.30. The van der Waals surface area contributed by atoms with Gasteiger partial charge >= 0.3 is 0 Å². The minimum Gasteiger partial charge on any atom is -0.383 e. The summed E-state index contributed by atoms with van der Waals surface area (Å²) < 4.78 is 13.8. The first-order valence-corrected chi connectivity index (χ1v) is 5.32. The van der Waals surface area contributed by atoms with Crippen LogP contribution in [0.15, 0.2) is 10.5 Å². The predicted octanol–water partition coefficient (Wildman–Crippen LogP) is 3.42. The van der Waals surface area contributed by atoms with Crippen molar-refractivity contribution in [3.05, 3.63) is 26.7 Å².